The topological polar surface area (TPSA) is 66.5 Å². The molecule has 6 heteroatoms. The largest absolute Gasteiger partial charge is 0.309 e. The Labute approximate surface area is 156 Å². The quantitative estimate of drug-likeness (QED) is 0.876. The number of carbonyl (C=O) groups excluding carboxylic acids is 1. The van der Waals surface area contributed by atoms with E-state index in [-0.39, 0.29) is 23.9 Å². The van der Waals surface area contributed by atoms with Crippen LogP contribution in [0, 0.1) is 5.92 Å². The summed E-state index contributed by atoms with van der Waals surface area (Å²) in [4.78, 5) is 15.0. The summed E-state index contributed by atoms with van der Waals surface area (Å²) in [6.07, 6.45) is 9.04. The molecule has 2 saturated carbocycles. The summed E-state index contributed by atoms with van der Waals surface area (Å²) in [5, 5.41) is 0. The Kier molecular flexibility index (Phi) is 4.82. The fraction of sp³-hybridized carbons (Fsp3) is 0.650. The van der Waals surface area contributed by atoms with Gasteiger partial charge in [-0.25, -0.2) is 13.1 Å². The number of nitrogens with one attached hydrogen (secondary N) is 1. The Morgan fingerprint density at radius 3 is 2.46 bits per heavy atom. The molecule has 1 atom stereocenters. The van der Waals surface area contributed by atoms with Crippen LogP contribution in [0.15, 0.2) is 23.1 Å². The van der Waals surface area contributed by atoms with E-state index < -0.39 is 10.0 Å². The zero-order valence-electron chi connectivity index (χ0n) is 15.4. The fourth-order valence-electron chi connectivity index (χ4n) is 4.47. The van der Waals surface area contributed by atoms with Crippen molar-refractivity contribution in [3.05, 3.63) is 23.8 Å². The lowest BCUT2D eigenvalue weighted by Gasteiger charge is -2.32. The van der Waals surface area contributed by atoms with Crippen molar-refractivity contribution in [3.8, 4) is 0 Å². The number of rotatable bonds is 4. The van der Waals surface area contributed by atoms with Crippen molar-refractivity contribution in [3.63, 3.8) is 0 Å². The number of hydrogen-bond donors (Lipinski definition) is 1. The first kappa shape index (κ1) is 18.0. The van der Waals surface area contributed by atoms with Gasteiger partial charge in [0.25, 0.3) is 0 Å². The predicted molar refractivity (Wildman–Crippen MR) is 102 cm³/mol. The molecule has 0 saturated heterocycles. The number of benzene rings is 1. The molecule has 2 aliphatic carbocycles. The first-order valence-electron chi connectivity index (χ1n) is 9.94. The third-order valence-corrected chi connectivity index (χ3v) is 7.71. The number of sulfonamides is 1. The van der Waals surface area contributed by atoms with E-state index in [1.165, 1.54) is 6.42 Å². The summed E-state index contributed by atoms with van der Waals surface area (Å²) in [5.74, 6) is 0.359. The number of anilines is 1. The van der Waals surface area contributed by atoms with Gasteiger partial charge >= 0.3 is 0 Å². The number of nitrogens with zero attached hydrogens (tertiary/aromatic N) is 1. The fourth-order valence-corrected chi connectivity index (χ4v) is 5.83. The maximum atomic E-state index is 12.8. The van der Waals surface area contributed by atoms with Gasteiger partial charge in [0.1, 0.15) is 0 Å². The van der Waals surface area contributed by atoms with E-state index >= 15 is 0 Å². The van der Waals surface area contributed by atoms with Crippen LogP contribution in [0.5, 0.6) is 0 Å². The van der Waals surface area contributed by atoms with Gasteiger partial charge in [0.05, 0.1) is 4.90 Å². The minimum atomic E-state index is -3.50. The third-order valence-electron chi connectivity index (χ3n) is 6.20. The molecule has 3 aliphatic rings. The van der Waals surface area contributed by atoms with Crippen molar-refractivity contribution >= 4 is 21.6 Å². The molecule has 0 radical (unpaired) electrons. The highest BCUT2D eigenvalue weighted by molar-refractivity contribution is 7.89. The van der Waals surface area contributed by atoms with Gasteiger partial charge in [-0.1, -0.05) is 25.7 Å². The number of carbonyl (C=O) groups is 1. The SMILES string of the molecule is CC1Cc2cc(S(=O)(=O)NC3CCCCC3)ccc2N1C(=O)C1CCC1. The van der Waals surface area contributed by atoms with E-state index in [2.05, 4.69) is 4.72 Å². The molecule has 1 unspecified atom stereocenters. The van der Waals surface area contributed by atoms with Gasteiger partial charge in [-0.2, -0.15) is 0 Å². The minimum Gasteiger partial charge on any atom is -0.309 e. The maximum Gasteiger partial charge on any atom is 0.240 e. The Bertz CT molecular complexity index is 795. The van der Waals surface area contributed by atoms with Crippen LogP contribution < -0.4 is 9.62 Å². The molecule has 1 aromatic carbocycles. The number of amides is 1. The summed E-state index contributed by atoms with van der Waals surface area (Å²) in [7, 11) is -3.50. The van der Waals surface area contributed by atoms with E-state index in [0.717, 1.165) is 62.6 Å². The first-order valence-corrected chi connectivity index (χ1v) is 11.4. The average Bonchev–Trinajstić information content (AvgIpc) is 2.88. The molecule has 0 spiro atoms. The van der Waals surface area contributed by atoms with E-state index in [1.807, 2.05) is 17.9 Å². The molecule has 1 amide bonds. The molecule has 26 heavy (non-hydrogen) atoms. The number of fused-ring (bicyclic) bond motifs is 1. The third kappa shape index (κ3) is 3.29. The normalized spacial score (nSPS) is 24.3. The molecular formula is C20H28N2O3S. The highest BCUT2D eigenvalue weighted by Crippen LogP contribution is 2.38. The van der Waals surface area contributed by atoms with Crippen LogP contribution in [0.1, 0.15) is 63.9 Å². The van der Waals surface area contributed by atoms with Crippen LogP contribution in [0.3, 0.4) is 0 Å². The van der Waals surface area contributed by atoms with Crippen molar-refractivity contribution in [1.82, 2.24) is 4.72 Å². The Morgan fingerprint density at radius 1 is 1.08 bits per heavy atom. The Morgan fingerprint density at radius 2 is 1.81 bits per heavy atom. The van der Waals surface area contributed by atoms with E-state index in [0.29, 0.717) is 4.90 Å². The van der Waals surface area contributed by atoms with Crippen LogP contribution in [0.2, 0.25) is 0 Å². The monoisotopic (exact) mass is 376 g/mol. The molecule has 2 fully saturated rings. The number of hydrogen-bond acceptors (Lipinski definition) is 3. The highest BCUT2D eigenvalue weighted by Gasteiger charge is 2.37. The maximum absolute atomic E-state index is 12.8. The summed E-state index contributed by atoms with van der Waals surface area (Å²) in [6.45, 7) is 2.05. The van der Waals surface area contributed by atoms with Gasteiger partial charge in [-0.05, 0) is 62.8 Å². The van der Waals surface area contributed by atoms with Crippen molar-refractivity contribution in [2.45, 2.75) is 81.7 Å². The van der Waals surface area contributed by atoms with E-state index in [4.69, 9.17) is 0 Å². The van der Waals surface area contributed by atoms with Crippen LogP contribution in [0.4, 0.5) is 5.69 Å². The van der Waals surface area contributed by atoms with Crippen molar-refractivity contribution in [2.24, 2.45) is 5.92 Å². The van der Waals surface area contributed by atoms with Crippen molar-refractivity contribution in [1.29, 1.82) is 0 Å². The van der Waals surface area contributed by atoms with Crippen LogP contribution >= 0.6 is 0 Å². The summed E-state index contributed by atoms with van der Waals surface area (Å²) in [6, 6.07) is 5.40. The van der Waals surface area contributed by atoms with Gasteiger partial charge in [0.2, 0.25) is 15.9 Å². The van der Waals surface area contributed by atoms with Gasteiger partial charge in [0.15, 0.2) is 0 Å². The molecule has 1 aliphatic heterocycles. The van der Waals surface area contributed by atoms with Crippen LogP contribution in [-0.2, 0) is 21.2 Å². The second-order valence-electron chi connectivity index (χ2n) is 8.14. The second kappa shape index (κ2) is 6.97. The second-order valence-corrected chi connectivity index (χ2v) is 9.85. The summed E-state index contributed by atoms with van der Waals surface area (Å²) >= 11 is 0. The van der Waals surface area contributed by atoms with Crippen molar-refractivity contribution in [2.75, 3.05) is 4.90 Å². The Balaban J connectivity index is 1.55. The highest BCUT2D eigenvalue weighted by atomic mass is 32.2. The van der Waals surface area contributed by atoms with Gasteiger partial charge < -0.3 is 4.90 Å². The van der Waals surface area contributed by atoms with E-state index in [9.17, 15) is 13.2 Å². The van der Waals surface area contributed by atoms with Crippen molar-refractivity contribution < 1.29 is 13.2 Å². The molecule has 0 aromatic heterocycles. The summed E-state index contributed by atoms with van der Waals surface area (Å²) in [5.41, 5.74) is 1.86. The summed E-state index contributed by atoms with van der Waals surface area (Å²) < 4.78 is 28.4. The van der Waals surface area contributed by atoms with Gasteiger partial charge in [0, 0.05) is 23.7 Å². The molecule has 0 bridgehead atoms. The lowest BCUT2D eigenvalue weighted by molar-refractivity contribution is -0.125. The van der Waals surface area contributed by atoms with Crippen LogP contribution in [0.25, 0.3) is 0 Å². The predicted octanol–water partition coefficient (Wildman–Crippen LogP) is 3.38. The molecule has 1 heterocycles. The van der Waals surface area contributed by atoms with Crippen LogP contribution in [-0.4, -0.2) is 26.4 Å². The molecule has 1 N–H and O–H groups in total. The standard InChI is InChI=1S/C20H28N2O3S/c1-14-12-16-13-18(26(24,25)21-17-8-3-2-4-9-17)10-11-19(16)22(14)20(23)15-6-5-7-15/h10-11,13-15,17,21H,2-9,12H2,1H3. The zero-order chi connectivity index (χ0) is 18.3. The Hall–Kier alpha value is -1.40. The molecule has 1 aromatic rings. The molecule has 5 nitrogen and oxygen atoms in total. The lowest BCUT2D eigenvalue weighted by Crippen LogP contribution is -2.42. The van der Waals surface area contributed by atoms with Gasteiger partial charge in [-0.3, -0.25) is 4.79 Å². The zero-order valence-corrected chi connectivity index (χ0v) is 16.2. The van der Waals surface area contributed by atoms with Gasteiger partial charge in [-0.15, -0.1) is 0 Å². The molecule has 4 rings (SSSR count). The lowest BCUT2D eigenvalue weighted by atomic mass is 9.84. The molecular weight excluding hydrogens is 348 g/mol. The smallest absolute Gasteiger partial charge is 0.240 e. The van der Waals surface area contributed by atoms with E-state index in [1.54, 1.807) is 12.1 Å². The molecule has 142 valence electrons. The first-order chi connectivity index (χ1) is 12.5. The average molecular weight is 377 g/mol. The minimum absolute atomic E-state index is 0.0534.